The van der Waals surface area contributed by atoms with Crippen molar-refractivity contribution < 1.29 is 19.1 Å². The van der Waals surface area contributed by atoms with Crippen molar-refractivity contribution in [3.63, 3.8) is 0 Å². The fourth-order valence-electron chi connectivity index (χ4n) is 5.53. The number of benzene rings is 2. The standard InChI is InChI=1S/C32H29ClFN7O4S/c1-38(2)19-5-3-18(4-6-19)28-22(15-35)30(33)37-32(36-28)46-17-27(42)40-11-9-39(10-12-40)26-14-25-21(13-24(26)34)29(43)23(31(44)45)16-41(25)20-7-8-20/h3-6,13-14,16,20H,7-12,17H2,1-2H3,(H,44,45). The van der Waals surface area contributed by atoms with Crippen molar-refractivity contribution in [3.8, 4) is 17.3 Å². The number of aromatic nitrogens is 3. The molecule has 1 aliphatic heterocycles. The molecule has 0 atom stereocenters. The first-order valence-corrected chi connectivity index (χ1v) is 15.9. The van der Waals surface area contributed by atoms with Gasteiger partial charge < -0.3 is 24.4 Å². The van der Waals surface area contributed by atoms with Crippen molar-refractivity contribution in [2.45, 2.75) is 24.0 Å². The first-order chi connectivity index (χ1) is 22.0. The summed E-state index contributed by atoms with van der Waals surface area (Å²) >= 11 is 7.47. The van der Waals surface area contributed by atoms with Gasteiger partial charge in [-0.25, -0.2) is 19.2 Å². The highest BCUT2D eigenvalue weighted by atomic mass is 35.5. The molecule has 14 heteroatoms. The van der Waals surface area contributed by atoms with E-state index < -0.39 is 17.2 Å². The molecule has 0 bridgehead atoms. The molecule has 2 aromatic heterocycles. The summed E-state index contributed by atoms with van der Waals surface area (Å²) in [6.45, 7) is 1.43. The summed E-state index contributed by atoms with van der Waals surface area (Å²) in [7, 11) is 3.86. The number of pyridine rings is 1. The van der Waals surface area contributed by atoms with Crippen LogP contribution in [0.1, 0.15) is 34.8 Å². The number of carboxylic acids is 1. The summed E-state index contributed by atoms with van der Waals surface area (Å²) in [5.74, 6) is -2.06. The molecule has 2 aromatic carbocycles. The van der Waals surface area contributed by atoms with E-state index in [9.17, 15) is 24.8 Å². The van der Waals surface area contributed by atoms with Crippen LogP contribution in [0.2, 0.25) is 5.15 Å². The lowest BCUT2D eigenvalue weighted by Gasteiger charge is -2.36. The van der Waals surface area contributed by atoms with Crippen molar-refractivity contribution in [2.24, 2.45) is 0 Å². The topological polar surface area (TPSA) is 136 Å². The van der Waals surface area contributed by atoms with E-state index in [2.05, 4.69) is 16.0 Å². The molecule has 0 radical (unpaired) electrons. The van der Waals surface area contributed by atoms with Crippen LogP contribution >= 0.6 is 23.4 Å². The molecule has 1 amide bonds. The van der Waals surface area contributed by atoms with Crippen LogP contribution in [0, 0.1) is 17.1 Å². The third kappa shape index (κ3) is 6.10. The van der Waals surface area contributed by atoms with Crippen LogP contribution in [-0.4, -0.2) is 82.4 Å². The number of thioether (sulfide) groups is 1. The lowest BCUT2D eigenvalue weighted by atomic mass is 10.1. The van der Waals surface area contributed by atoms with Gasteiger partial charge in [0, 0.05) is 69.2 Å². The lowest BCUT2D eigenvalue weighted by molar-refractivity contribution is -0.128. The number of carbonyl (C=O) groups excluding carboxylic acids is 1. The Balaban J connectivity index is 1.14. The molecular weight excluding hydrogens is 633 g/mol. The number of hydrogen-bond acceptors (Lipinski definition) is 9. The number of carboxylic acid groups (broad SMARTS) is 1. The molecule has 2 aliphatic rings. The van der Waals surface area contributed by atoms with E-state index in [1.54, 1.807) is 15.5 Å². The quantitative estimate of drug-likeness (QED) is 0.161. The third-order valence-corrected chi connectivity index (χ3v) is 9.29. The van der Waals surface area contributed by atoms with Gasteiger partial charge in [-0.3, -0.25) is 9.59 Å². The Labute approximate surface area is 272 Å². The number of nitrogens with zero attached hydrogens (tertiary/aromatic N) is 7. The van der Waals surface area contributed by atoms with Crippen molar-refractivity contribution in [1.82, 2.24) is 19.4 Å². The second-order valence-electron chi connectivity index (χ2n) is 11.4. The maximum absolute atomic E-state index is 15.4. The molecule has 2 fully saturated rings. The van der Waals surface area contributed by atoms with Crippen LogP contribution < -0.4 is 15.2 Å². The predicted octanol–water partition coefficient (Wildman–Crippen LogP) is 4.66. The molecule has 6 rings (SSSR count). The second kappa shape index (κ2) is 12.6. The van der Waals surface area contributed by atoms with Gasteiger partial charge in [0.1, 0.15) is 23.0 Å². The summed E-state index contributed by atoms with van der Waals surface area (Å²) < 4.78 is 17.1. The van der Waals surface area contributed by atoms with E-state index >= 15 is 4.39 Å². The molecule has 0 spiro atoms. The molecule has 3 heterocycles. The average Bonchev–Trinajstić information content (AvgIpc) is 3.89. The van der Waals surface area contributed by atoms with E-state index in [-0.39, 0.29) is 44.5 Å². The Bertz CT molecular complexity index is 1970. The van der Waals surface area contributed by atoms with Crippen molar-refractivity contribution in [2.75, 3.05) is 55.8 Å². The number of hydrogen-bond donors (Lipinski definition) is 1. The van der Waals surface area contributed by atoms with Crippen LogP contribution in [0.3, 0.4) is 0 Å². The van der Waals surface area contributed by atoms with E-state index in [4.69, 9.17) is 11.6 Å². The van der Waals surface area contributed by atoms with Gasteiger partial charge in [0.25, 0.3) is 0 Å². The fraction of sp³-hybridized carbons (Fsp3) is 0.312. The fourth-order valence-corrected chi connectivity index (χ4v) is 6.54. The maximum Gasteiger partial charge on any atom is 0.341 e. The summed E-state index contributed by atoms with van der Waals surface area (Å²) in [6, 6.07) is 12.4. The molecule has 0 unspecified atom stereocenters. The number of nitriles is 1. The average molecular weight is 662 g/mol. The van der Waals surface area contributed by atoms with Gasteiger partial charge >= 0.3 is 5.97 Å². The van der Waals surface area contributed by atoms with Gasteiger partial charge in [-0.2, -0.15) is 5.26 Å². The van der Waals surface area contributed by atoms with Crippen LogP contribution in [0.4, 0.5) is 15.8 Å². The minimum atomic E-state index is -1.34. The number of fused-ring (bicyclic) bond motifs is 1. The largest absolute Gasteiger partial charge is 0.477 e. The summed E-state index contributed by atoms with van der Waals surface area (Å²) in [5.41, 5.74) is 1.95. The Hall–Kier alpha value is -4.67. The molecule has 1 saturated carbocycles. The minimum Gasteiger partial charge on any atom is -0.477 e. The van der Waals surface area contributed by atoms with E-state index in [0.29, 0.717) is 48.6 Å². The Kier molecular flexibility index (Phi) is 8.59. The highest BCUT2D eigenvalue weighted by Crippen LogP contribution is 2.38. The monoisotopic (exact) mass is 661 g/mol. The van der Waals surface area contributed by atoms with E-state index in [0.717, 1.165) is 36.4 Å². The highest BCUT2D eigenvalue weighted by Gasteiger charge is 2.29. The van der Waals surface area contributed by atoms with Crippen molar-refractivity contribution in [3.05, 3.63) is 74.9 Å². The molecule has 1 N–H and O–H groups in total. The molecule has 1 saturated heterocycles. The van der Waals surface area contributed by atoms with Crippen LogP contribution in [0.25, 0.3) is 22.2 Å². The molecule has 236 valence electrons. The van der Waals surface area contributed by atoms with E-state index in [1.807, 2.05) is 48.2 Å². The number of rotatable bonds is 8. The van der Waals surface area contributed by atoms with Crippen LogP contribution in [0.5, 0.6) is 0 Å². The summed E-state index contributed by atoms with van der Waals surface area (Å²) in [4.78, 5) is 51.9. The molecule has 11 nitrogen and oxygen atoms in total. The van der Waals surface area contributed by atoms with Crippen molar-refractivity contribution in [1.29, 1.82) is 5.26 Å². The SMILES string of the molecule is CN(C)c1ccc(-c2nc(SCC(=O)N3CCN(c4cc5c(cc4F)c(=O)c(C(=O)O)cn5C4CC4)CC3)nc(Cl)c2C#N)cc1. The smallest absolute Gasteiger partial charge is 0.341 e. The van der Waals surface area contributed by atoms with E-state index in [1.165, 1.54) is 6.20 Å². The van der Waals surface area contributed by atoms with Crippen LogP contribution in [0.15, 0.2) is 52.5 Å². The predicted molar refractivity (Wildman–Crippen MR) is 174 cm³/mol. The molecule has 1 aliphatic carbocycles. The molecule has 46 heavy (non-hydrogen) atoms. The van der Waals surface area contributed by atoms with Crippen molar-refractivity contribution >= 4 is 57.5 Å². The van der Waals surface area contributed by atoms with Crippen LogP contribution in [-0.2, 0) is 4.79 Å². The first kappa shape index (κ1) is 31.3. The van der Waals surface area contributed by atoms with Gasteiger partial charge in [-0.05, 0) is 37.1 Å². The third-order valence-electron chi connectivity index (χ3n) is 8.18. The number of aromatic carboxylic acids is 1. The maximum atomic E-state index is 15.4. The van der Waals surface area contributed by atoms with Gasteiger partial charge in [0.15, 0.2) is 10.3 Å². The number of carbonyl (C=O) groups is 2. The zero-order valence-corrected chi connectivity index (χ0v) is 26.6. The number of piperazine rings is 1. The Morgan fingerprint density at radius 1 is 1.13 bits per heavy atom. The Morgan fingerprint density at radius 3 is 2.43 bits per heavy atom. The van der Waals surface area contributed by atoms with Gasteiger partial charge in [0.05, 0.1) is 22.7 Å². The van der Waals surface area contributed by atoms with Gasteiger partial charge in [-0.15, -0.1) is 0 Å². The normalized spacial score (nSPS) is 14.8. The first-order valence-electron chi connectivity index (χ1n) is 14.6. The summed E-state index contributed by atoms with van der Waals surface area (Å²) in [6.07, 6.45) is 3.07. The minimum absolute atomic E-state index is 0.0106. The molecule has 4 aromatic rings. The van der Waals surface area contributed by atoms with Gasteiger partial charge in [0.2, 0.25) is 11.3 Å². The number of anilines is 2. The number of halogens is 2. The van der Waals surface area contributed by atoms with Gasteiger partial charge in [-0.1, -0.05) is 35.5 Å². The molecular formula is C32H29ClFN7O4S. The zero-order chi connectivity index (χ0) is 32.7. The lowest BCUT2D eigenvalue weighted by Crippen LogP contribution is -2.49. The highest BCUT2D eigenvalue weighted by molar-refractivity contribution is 7.99. The Morgan fingerprint density at radius 2 is 1.83 bits per heavy atom. The summed E-state index contributed by atoms with van der Waals surface area (Å²) in [5, 5.41) is 19.5. The number of amides is 1. The zero-order valence-electron chi connectivity index (χ0n) is 25.0. The second-order valence-corrected chi connectivity index (χ2v) is 12.7.